The first-order valence-electron chi connectivity index (χ1n) is 6.62. The molecule has 1 aliphatic rings. The predicted molar refractivity (Wildman–Crippen MR) is 74.2 cm³/mol. The van der Waals surface area contributed by atoms with Gasteiger partial charge in [0.05, 0.1) is 18.3 Å². The summed E-state index contributed by atoms with van der Waals surface area (Å²) in [5.41, 5.74) is 5.95. The number of aromatic nitrogens is 5. The molecule has 4 aromatic rings. The summed E-state index contributed by atoms with van der Waals surface area (Å²) >= 11 is 0. The van der Waals surface area contributed by atoms with Gasteiger partial charge in [0.1, 0.15) is 12.1 Å². The minimum atomic E-state index is 0.840. The maximum Gasteiger partial charge on any atom is 0.274 e. The summed E-state index contributed by atoms with van der Waals surface area (Å²) < 4.78 is 6.70. The Bertz CT molecular complexity index is 992. The van der Waals surface area contributed by atoms with Crippen LogP contribution in [-0.2, 0) is 13.6 Å². The molecule has 0 N–H and O–H groups in total. The average Bonchev–Trinajstić information content (AvgIpc) is 3.10. The van der Waals surface area contributed by atoms with E-state index in [0.29, 0.717) is 0 Å². The summed E-state index contributed by atoms with van der Waals surface area (Å²) in [4.78, 5) is 8.73. The van der Waals surface area contributed by atoms with E-state index in [9.17, 15) is 0 Å². The van der Waals surface area contributed by atoms with E-state index in [2.05, 4.69) is 42.7 Å². The lowest BCUT2D eigenvalue weighted by atomic mass is 10.2. The van der Waals surface area contributed by atoms with Crippen LogP contribution >= 0.6 is 0 Å². The first-order chi connectivity index (χ1) is 9.84. The lowest BCUT2D eigenvalue weighted by Gasteiger charge is -1.96. The zero-order valence-electron chi connectivity index (χ0n) is 11.0. The quantitative estimate of drug-likeness (QED) is 0.397. The van der Waals surface area contributed by atoms with Crippen molar-refractivity contribution in [3.63, 3.8) is 0 Å². The summed E-state index contributed by atoms with van der Waals surface area (Å²) in [7, 11) is 2.11. The van der Waals surface area contributed by atoms with Crippen LogP contribution in [0.5, 0.6) is 0 Å². The fraction of sp³-hybridized carbons (Fsp3) is 0.133. The number of aryl methyl sites for hydroxylation is 1. The summed E-state index contributed by atoms with van der Waals surface area (Å²) in [6, 6.07) is 8.39. The van der Waals surface area contributed by atoms with Crippen LogP contribution in [0.25, 0.3) is 28.1 Å². The molecule has 96 valence electrons. The Morgan fingerprint density at radius 1 is 1.25 bits per heavy atom. The fourth-order valence-electron chi connectivity index (χ4n) is 3.33. The van der Waals surface area contributed by atoms with Gasteiger partial charge >= 0.3 is 0 Å². The summed E-state index contributed by atoms with van der Waals surface area (Å²) in [5, 5.41) is 0. The molecule has 0 spiro atoms. The highest BCUT2D eigenvalue weighted by molar-refractivity contribution is 5.83. The third kappa shape index (κ3) is 1.02. The van der Waals surface area contributed by atoms with Crippen molar-refractivity contribution in [2.75, 3.05) is 0 Å². The number of pyridine rings is 1. The van der Waals surface area contributed by atoms with Crippen molar-refractivity contribution in [1.82, 2.24) is 18.9 Å². The average molecular weight is 262 g/mol. The van der Waals surface area contributed by atoms with E-state index in [1.807, 2.05) is 30.9 Å². The molecule has 5 nitrogen and oxygen atoms in total. The molecule has 0 fully saturated rings. The van der Waals surface area contributed by atoms with Crippen molar-refractivity contribution in [1.29, 1.82) is 0 Å². The normalized spacial score (nSPS) is 13.1. The zero-order chi connectivity index (χ0) is 13.3. The maximum atomic E-state index is 4.49. The van der Waals surface area contributed by atoms with Gasteiger partial charge in [-0.05, 0) is 18.2 Å². The van der Waals surface area contributed by atoms with Gasteiger partial charge < -0.3 is 0 Å². The van der Waals surface area contributed by atoms with Crippen molar-refractivity contribution in [3.8, 4) is 11.4 Å². The van der Waals surface area contributed by atoms with Gasteiger partial charge in [-0.25, -0.2) is 18.5 Å². The minimum absolute atomic E-state index is 0.840. The zero-order valence-corrected chi connectivity index (χ0v) is 11.0. The first-order valence-corrected chi connectivity index (χ1v) is 6.62. The number of hydrogen-bond donors (Lipinski definition) is 0. The molecule has 0 saturated carbocycles. The molecule has 1 aliphatic heterocycles. The van der Waals surface area contributed by atoms with Gasteiger partial charge in [-0.3, -0.25) is 4.98 Å². The SMILES string of the molecule is C[n+]1c2n(c3cc4ccncn4c31)Cc1ncccc1-2. The summed E-state index contributed by atoms with van der Waals surface area (Å²) in [6.45, 7) is 0.840. The smallest absolute Gasteiger partial charge is 0.257 e. The van der Waals surface area contributed by atoms with Gasteiger partial charge in [0.25, 0.3) is 5.65 Å². The Morgan fingerprint density at radius 3 is 3.15 bits per heavy atom. The highest BCUT2D eigenvalue weighted by Gasteiger charge is 2.33. The summed E-state index contributed by atoms with van der Waals surface area (Å²) in [6.07, 6.45) is 5.57. The van der Waals surface area contributed by atoms with Crippen LogP contribution in [0.4, 0.5) is 0 Å². The summed E-state index contributed by atoms with van der Waals surface area (Å²) in [5.74, 6) is 1.22. The standard InChI is InChI=1S/C15H12N5/c1-18-14-11-3-2-5-17-12(11)8-19(14)13-7-10-4-6-16-9-20(10)15(13)18/h2-7,9H,8H2,1H3/q+1. The highest BCUT2D eigenvalue weighted by Crippen LogP contribution is 2.32. The Hall–Kier alpha value is -2.69. The van der Waals surface area contributed by atoms with Crippen LogP contribution in [0.15, 0.2) is 43.0 Å². The molecule has 0 aliphatic carbocycles. The Morgan fingerprint density at radius 2 is 2.20 bits per heavy atom. The molecule has 20 heavy (non-hydrogen) atoms. The molecule has 5 heteroatoms. The molecule has 0 atom stereocenters. The molecular weight excluding hydrogens is 250 g/mol. The van der Waals surface area contributed by atoms with Gasteiger partial charge in [0.15, 0.2) is 11.8 Å². The number of imidazole rings is 1. The molecule has 0 aromatic carbocycles. The number of fused-ring (bicyclic) bond motifs is 7. The largest absolute Gasteiger partial charge is 0.274 e. The third-order valence-electron chi connectivity index (χ3n) is 4.15. The van der Waals surface area contributed by atoms with Crippen LogP contribution in [-0.4, -0.2) is 18.9 Å². The molecule has 0 unspecified atom stereocenters. The van der Waals surface area contributed by atoms with Gasteiger partial charge in [-0.2, -0.15) is 0 Å². The third-order valence-corrected chi connectivity index (χ3v) is 4.15. The highest BCUT2D eigenvalue weighted by atomic mass is 15.2. The second kappa shape index (κ2) is 3.25. The number of rotatable bonds is 0. The number of nitrogens with zero attached hydrogens (tertiary/aromatic N) is 5. The van der Waals surface area contributed by atoms with E-state index >= 15 is 0 Å². The first kappa shape index (κ1) is 10.1. The van der Waals surface area contributed by atoms with Crippen molar-refractivity contribution in [3.05, 3.63) is 48.7 Å². The second-order valence-electron chi connectivity index (χ2n) is 5.19. The van der Waals surface area contributed by atoms with E-state index < -0.39 is 0 Å². The molecule has 4 aromatic heterocycles. The fourth-order valence-corrected chi connectivity index (χ4v) is 3.33. The van der Waals surface area contributed by atoms with Crippen LogP contribution in [0, 0.1) is 0 Å². The molecule has 0 saturated heterocycles. The van der Waals surface area contributed by atoms with E-state index in [0.717, 1.165) is 12.2 Å². The second-order valence-corrected chi connectivity index (χ2v) is 5.19. The minimum Gasteiger partial charge on any atom is -0.257 e. The molecule has 5 rings (SSSR count). The van der Waals surface area contributed by atoms with Crippen LogP contribution in [0.1, 0.15) is 5.69 Å². The number of hydrogen-bond acceptors (Lipinski definition) is 2. The van der Waals surface area contributed by atoms with Gasteiger partial charge in [-0.1, -0.05) is 0 Å². The molecular formula is C15H12N5+. The van der Waals surface area contributed by atoms with Gasteiger partial charge in [0.2, 0.25) is 5.82 Å². The van der Waals surface area contributed by atoms with Crippen LogP contribution < -0.4 is 4.57 Å². The van der Waals surface area contributed by atoms with E-state index in [1.165, 1.54) is 28.1 Å². The van der Waals surface area contributed by atoms with Crippen LogP contribution in [0.2, 0.25) is 0 Å². The van der Waals surface area contributed by atoms with Crippen molar-refractivity contribution < 1.29 is 4.57 Å². The van der Waals surface area contributed by atoms with Gasteiger partial charge in [-0.15, -0.1) is 0 Å². The lowest BCUT2D eigenvalue weighted by molar-refractivity contribution is -0.636. The van der Waals surface area contributed by atoms with Crippen molar-refractivity contribution in [2.24, 2.45) is 7.05 Å². The van der Waals surface area contributed by atoms with E-state index in [-0.39, 0.29) is 0 Å². The molecule has 0 bridgehead atoms. The van der Waals surface area contributed by atoms with Crippen LogP contribution in [0.3, 0.4) is 0 Å². The predicted octanol–water partition coefficient (Wildman–Crippen LogP) is 1.54. The molecule has 5 heterocycles. The topological polar surface area (TPSA) is 39.0 Å². The van der Waals surface area contributed by atoms with Gasteiger partial charge in [0, 0.05) is 18.5 Å². The molecule has 0 amide bonds. The maximum absolute atomic E-state index is 4.49. The van der Waals surface area contributed by atoms with Crippen molar-refractivity contribution >= 4 is 16.7 Å². The van der Waals surface area contributed by atoms with Crippen molar-refractivity contribution in [2.45, 2.75) is 6.54 Å². The lowest BCUT2D eigenvalue weighted by Crippen LogP contribution is -2.30. The van der Waals surface area contributed by atoms with E-state index in [1.54, 1.807) is 0 Å². The Labute approximate surface area is 114 Å². The molecule has 0 radical (unpaired) electrons. The monoisotopic (exact) mass is 262 g/mol. The Kier molecular flexibility index (Phi) is 1.65. The Balaban J connectivity index is 1.98. The van der Waals surface area contributed by atoms with E-state index in [4.69, 9.17) is 0 Å².